The summed E-state index contributed by atoms with van der Waals surface area (Å²) in [6.45, 7) is 1.64. The predicted octanol–water partition coefficient (Wildman–Crippen LogP) is 5.25. The average Bonchev–Trinajstić information content (AvgIpc) is 3.24. The van der Waals surface area contributed by atoms with E-state index in [1.807, 2.05) is 4.90 Å². The highest BCUT2D eigenvalue weighted by Gasteiger charge is 2.36. The molecule has 1 N–H and O–H groups in total. The number of imidazole rings is 1. The van der Waals surface area contributed by atoms with Gasteiger partial charge in [0.15, 0.2) is 11.6 Å². The van der Waals surface area contributed by atoms with E-state index in [-0.39, 0.29) is 5.82 Å². The smallest absolute Gasteiger partial charge is 0.353 e. The molecule has 1 aliphatic heterocycles. The Hall–Kier alpha value is -3.69. The summed E-state index contributed by atoms with van der Waals surface area (Å²) in [5.74, 6) is -1.29. The van der Waals surface area contributed by atoms with Crippen LogP contribution in [-0.2, 0) is 6.18 Å². The van der Waals surface area contributed by atoms with Gasteiger partial charge >= 0.3 is 6.18 Å². The lowest BCUT2D eigenvalue weighted by Gasteiger charge is -2.36. The number of rotatable bonds is 3. The van der Waals surface area contributed by atoms with Crippen LogP contribution in [0.15, 0.2) is 54.7 Å². The zero-order chi connectivity index (χ0) is 23.2. The lowest BCUT2D eigenvalue weighted by molar-refractivity contribution is -0.137. The number of anilines is 2. The van der Waals surface area contributed by atoms with Crippen molar-refractivity contribution < 1.29 is 22.0 Å². The Labute approximate surface area is 185 Å². The lowest BCUT2D eigenvalue weighted by atomic mass is 10.1. The third kappa shape index (κ3) is 4.08. The lowest BCUT2D eigenvalue weighted by Crippen LogP contribution is -2.47. The monoisotopic (exact) mass is 459 g/mol. The van der Waals surface area contributed by atoms with Gasteiger partial charge < -0.3 is 14.8 Å². The summed E-state index contributed by atoms with van der Waals surface area (Å²) in [6, 6.07) is 11.4. The molecular weight excluding hydrogens is 441 g/mol. The maximum Gasteiger partial charge on any atom is 0.419 e. The first-order valence-electron chi connectivity index (χ1n) is 10.3. The van der Waals surface area contributed by atoms with E-state index in [0.717, 1.165) is 23.7 Å². The number of aromatic nitrogens is 3. The van der Waals surface area contributed by atoms with Crippen LogP contribution in [0.3, 0.4) is 0 Å². The van der Waals surface area contributed by atoms with Crippen LogP contribution in [0.2, 0.25) is 0 Å². The minimum absolute atomic E-state index is 0.0644. The fraction of sp³-hybridized carbons (Fsp3) is 0.217. The minimum Gasteiger partial charge on any atom is -0.353 e. The summed E-state index contributed by atoms with van der Waals surface area (Å²) in [7, 11) is 0. The molecular formula is C23H18F5N5. The van der Waals surface area contributed by atoms with Gasteiger partial charge in [-0.2, -0.15) is 13.2 Å². The third-order valence-corrected chi connectivity index (χ3v) is 5.69. The molecule has 0 unspecified atom stereocenters. The van der Waals surface area contributed by atoms with Crippen LogP contribution in [0.25, 0.3) is 22.2 Å². The number of benzene rings is 2. The molecule has 4 aromatic rings. The number of fused-ring (bicyclic) bond motifs is 1. The second kappa shape index (κ2) is 8.02. The van der Waals surface area contributed by atoms with Crippen molar-refractivity contribution in [1.29, 1.82) is 0 Å². The molecule has 5 rings (SSSR count). The van der Waals surface area contributed by atoms with Gasteiger partial charge in [0.2, 0.25) is 5.95 Å². The molecule has 0 saturated carbocycles. The fourth-order valence-corrected chi connectivity index (χ4v) is 4.00. The van der Waals surface area contributed by atoms with Crippen molar-refractivity contribution in [1.82, 2.24) is 15.0 Å². The standard InChI is InChI=1S/C23H18F5N5/c24-17-5-3-14(12-18(17)25)15-4-6-19-20(13-15)31-22(30-19)33-10-8-32(9-11-33)21-16(23(26,27)28)2-1-7-29-21/h1-7,12-13H,8-11H2,(H,30,31). The Kier molecular flexibility index (Phi) is 5.15. The number of aromatic amines is 1. The zero-order valence-electron chi connectivity index (χ0n) is 17.2. The van der Waals surface area contributed by atoms with Crippen LogP contribution in [0.5, 0.6) is 0 Å². The zero-order valence-corrected chi connectivity index (χ0v) is 17.2. The molecule has 10 heteroatoms. The Balaban J connectivity index is 1.35. The van der Waals surface area contributed by atoms with Crippen molar-refractivity contribution in [2.75, 3.05) is 36.0 Å². The molecule has 0 radical (unpaired) electrons. The number of hydrogen-bond donors (Lipinski definition) is 1. The van der Waals surface area contributed by atoms with Crippen LogP contribution in [0, 0.1) is 11.6 Å². The number of pyridine rings is 1. The highest BCUT2D eigenvalue weighted by atomic mass is 19.4. The molecule has 2 aromatic carbocycles. The predicted molar refractivity (Wildman–Crippen MR) is 115 cm³/mol. The number of nitrogens with one attached hydrogen (secondary N) is 1. The van der Waals surface area contributed by atoms with Gasteiger partial charge in [0.1, 0.15) is 5.82 Å². The summed E-state index contributed by atoms with van der Waals surface area (Å²) in [6.07, 6.45) is -3.11. The molecule has 5 nitrogen and oxygen atoms in total. The largest absolute Gasteiger partial charge is 0.419 e. The Morgan fingerprint density at radius 1 is 0.818 bits per heavy atom. The molecule has 3 heterocycles. The van der Waals surface area contributed by atoms with E-state index in [9.17, 15) is 22.0 Å². The average molecular weight is 459 g/mol. The number of H-pyrrole nitrogens is 1. The molecule has 0 spiro atoms. The first-order chi connectivity index (χ1) is 15.8. The van der Waals surface area contributed by atoms with Crippen molar-refractivity contribution in [3.05, 3.63) is 71.9 Å². The number of hydrogen-bond acceptors (Lipinski definition) is 4. The SMILES string of the molecule is Fc1ccc(-c2ccc3nc(N4CCN(c5ncccc5C(F)(F)F)CC4)[nH]c3c2)cc1F. The van der Waals surface area contributed by atoms with Crippen molar-refractivity contribution in [3.63, 3.8) is 0 Å². The second-order valence-corrected chi connectivity index (χ2v) is 7.77. The van der Waals surface area contributed by atoms with Gasteiger partial charge in [-0.05, 0) is 47.5 Å². The summed E-state index contributed by atoms with van der Waals surface area (Å²) in [4.78, 5) is 15.4. The Bertz CT molecular complexity index is 1310. The summed E-state index contributed by atoms with van der Waals surface area (Å²) in [5.41, 5.74) is 1.92. The molecule has 0 bridgehead atoms. The number of halogens is 5. The molecule has 1 saturated heterocycles. The molecule has 1 fully saturated rings. The van der Waals surface area contributed by atoms with E-state index in [4.69, 9.17) is 0 Å². The molecule has 170 valence electrons. The molecule has 0 amide bonds. The molecule has 1 aliphatic rings. The summed E-state index contributed by atoms with van der Waals surface area (Å²) >= 11 is 0. The maximum atomic E-state index is 13.6. The first kappa shape index (κ1) is 21.2. The Morgan fingerprint density at radius 3 is 2.24 bits per heavy atom. The van der Waals surface area contributed by atoms with Crippen LogP contribution in [0.4, 0.5) is 33.7 Å². The van der Waals surface area contributed by atoms with E-state index in [2.05, 4.69) is 15.0 Å². The third-order valence-electron chi connectivity index (χ3n) is 5.69. The van der Waals surface area contributed by atoms with Gasteiger partial charge in [-0.15, -0.1) is 0 Å². The molecule has 0 atom stereocenters. The van der Waals surface area contributed by atoms with Crippen molar-refractivity contribution in [2.45, 2.75) is 6.18 Å². The first-order valence-corrected chi connectivity index (χ1v) is 10.3. The number of piperazine rings is 1. The summed E-state index contributed by atoms with van der Waals surface area (Å²) in [5, 5.41) is 0. The highest BCUT2D eigenvalue weighted by molar-refractivity contribution is 5.83. The van der Waals surface area contributed by atoms with Gasteiger partial charge in [0, 0.05) is 32.4 Å². The van der Waals surface area contributed by atoms with Crippen molar-refractivity contribution in [3.8, 4) is 11.1 Å². The minimum atomic E-state index is -4.47. The number of alkyl halides is 3. The van der Waals surface area contributed by atoms with E-state index in [1.165, 1.54) is 18.3 Å². The molecule has 0 aliphatic carbocycles. The van der Waals surface area contributed by atoms with Gasteiger partial charge in [-0.1, -0.05) is 12.1 Å². The van der Waals surface area contributed by atoms with Crippen LogP contribution in [-0.4, -0.2) is 41.1 Å². The highest BCUT2D eigenvalue weighted by Crippen LogP contribution is 2.35. The van der Waals surface area contributed by atoms with Crippen molar-refractivity contribution >= 4 is 22.8 Å². The quantitative estimate of drug-likeness (QED) is 0.426. The van der Waals surface area contributed by atoms with E-state index in [1.54, 1.807) is 23.1 Å². The van der Waals surface area contributed by atoms with Gasteiger partial charge in [0.25, 0.3) is 0 Å². The topological polar surface area (TPSA) is 48.1 Å². The van der Waals surface area contributed by atoms with Crippen LogP contribution in [0.1, 0.15) is 5.56 Å². The number of nitrogens with zero attached hydrogens (tertiary/aromatic N) is 4. The second-order valence-electron chi connectivity index (χ2n) is 7.77. The van der Waals surface area contributed by atoms with Gasteiger partial charge in [0.05, 0.1) is 16.6 Å². The summed E-state index contributed by atoms with van der Waals surface area (Å²) < 4.78 is 66.8. The van der Waals surface area contributed by atoms with E-state index >= 15 is 0 Å². The maximum absolute atomic E-state index is 13.6. The fourth-order valence-electron chi connectivity index (χ4n) is 4.00. The Morgan fingerprint density at radius 2 is 1.52 bits per heavy atom. The van der Waals surface area contributed by atoms with Crippen molar-refractivity contribution in [2.24, 2.45) is 0 Å². The van der Waals surface area contributed by atoms with E-state index in [0.29, 0.717) is 48.8 Å². The molecule has 33 heavy (non-hydrogen) atoms. The van der Waals surface area contributed by atoms with Gasteiger partial charge in [-0.3, -0.25) is 0 Å². The van der Waals surface area contributed by atoms with E-state index < -0.39 is 23.4 Å². The normalized spacial score (nSPS) is 14.8. The van der Waals surface area contributed by atoms with Crippen LogP contribution >= 0.6 is 0 Å². The molecule has 2 aromatic heterocycles. The van der Waals surface area contributed by atoms with Gasteiger partial charge in [-0.25, -0.2) is 18.7 Å². The van der Waals surface area contributed by atoms with Crippen LogP contribution < -0.4 is 9.80 Å².